The highest BCUT2D eigenvalue weighted by atomic mass is 19.1. The van der Waals surface area contributed by atoms with Crippen LogP contribution in [0, 0.1) is 5.82 Å². The maximum atomic E-state index is 13.1. The molecule has 0 atom stereocenters. The summed E-state index contributed by atoms with van der Waals surface area (Å²) in [5.74, 6) is 0.911. The highest BCUT2D eigenvalue weighted by Gasteiger charge is 2.11. The minimum Gasteiger partial charge on any atom is -0.405 e. The normalized spacial score (nSPS) is 10.5. The van der Waals surface area contributed by atoms with Gasteiger partial charge in [0.2, 0.25) is 0 Å². The molecule has 0 spiro atoms. The number of hydrogen-bond acceptors (Lipinski definition) is 3. The highest BCUT2D eigenvalue weighted by Crippen LogP contribution is 2.21. The molecule has 28 heavy (non-hydrogen) atoms. The van der Waals surface area contributed by atoms with E-state index < -0.39 is 0 Å². The van der Waals surface area contributed by atoms with Crippen LogP contribution in [0.25, 0.3) is 11.0 Å². The van der Waals surface area contributed by atoms with Crippen molar-refractivity contribution in [1.82, 2.24) is 14.9 Å². The number of imidazole rings is 1. The Balaban J connectivity index is 0.000000878. The lowest BCUT2D eigenvalue weighted by Gasteiger charge is -2.09. The molecule has 5 heteroatoms. The topological polar surface area (TPSA) is 55.9 Å². The number of fused-ring (bicyclic) bond motifs is 1. The van der Waals surface area contributed by atoms with Crippen molar-refractivity contribution in [3.63, 3.8) is 0 Å². The quantitative estimate of drug-likeness (QED) is 0.590. The average Bonchev–Trinajstić information content (AvgIpc) is 3.04. The van der Waals surface area contributed by atoms with Gasteiger partial charge in [0.25, 0.3) is 0 Å². The third-order valence-electron chi connectivity index (χ3n) is 4.48. The lowest BCUT2D eigenvalue weighted by atomic mass is 10.0. The smallest absolute Gasteiger partial charge is 0.123 e. The Labute approximate surface area is 167 Å². The molecule has 2 aromatic carbocycles. The number of aromatic nitrogens is 2. The van der Waals surface area contributed by atoms with E-state index in [0.717, 1.165) is 55.8 Å². The van der Waals surface area contributed by atoms with Crippen LogP contribution in [0.4, 0.5) is 4.39 Å². The van der Waals surface area contributed by atoms with E-state index in [1.165, 1.54) is 29.4 Å². The number of halogens is 1. The van der Waals surface area contributed by atoms with Crippen LogP contribution in [0.3, 0.4) is 0 Å². The van der Waals surface area contributed by atoms with Gasteiger partial charge in [-0.25, -0.2) is 9.37 Å². The predicted octanol–water partition coefficient (Wildman–Crippen LogP) is 4.76. The number of benzene rings is 2. The second-order valence-electron chi connectivity index (χ2n) is 6.68. The predicted molar refractivity (Wildman–Crippen MR) is 116 cm³/mol. The number of rotatable bonds is 8. The Hall–Kier alpha value is -2.66. The molecule has 0 aliphatic carbocycles. The fourth-order valence-corrected chi connectivity index (χ4v) is 3.10. The molecule has 3 aromatic rings. The molecular formula is C23H31FN4. The van der Waals surface area contributed by atoms with Crippen LogP contribution in [-0.2, 0) is 19.5 Å². The fraction of sp³-hybridized carbons (Fsp3) is 0.348. The molecule has 4 nitrogen and oxygen atoms in total. The van der Waals surface area contributed by atoms with Crippen LogP contribution in [0.5, 0.6) is 0 Å². The minimum atomic E-state index is -0.190. The largest absolute Gasteiger partial charge is 0.405 e. The summed E-state index contributed by atoms with van der Waals surface area (Å²) in [6, 6.07) is 13.2. The van der Waals surface area contributed by atoms with Gasteiger partial charge in [0, 0.05) is 6.54 Å². The molecule has 1 heterocycles. The van der Waals surface area contributed by atoms with E-state index in [2.05, 4.69) is 54.2 Å². The van der Waals surface area contributed by atoms with Crippen molar-refractivity contribution in [1.29, 1.82) is 0 Å². The average molecular weight is 383 g/mol. The van der Waals surface area contributed by atoms with E-state index in [1.807, 2.05) is 12.1 Å². The SMILES string of the molecule is C=CN.CCCCn1c(CNCC)nc2ccc(Cc3ccc(F)cc3)cc21. The summed E-state index contributed by atoms with van der Waals surface area (Å²) in [5.41, 5.74) is 9.20. The second kappa shape index (κ2) is 11.2. The van der Waals surface area contributed by atoms with E-state index in [9.17, 15) is 4.39 Å². The van der Waals surface area contributed by atoms with Gasteiger partial charge >= 0.3 is 0 Å². The fourth-order valence-electron chi connectivity index (χ4n) is 3.10. The van der Waals surface area contributed by atoms with Crippen LogP contribution in [0.1, 0.15) is 43.6 Å². The van der Waals surface area contributed by atoms with Crippen molar-refractivity contribution in [2.45, 2.75) is 46.2 Å². The van der Waals surface area contributed by atoms with E-state index in [0.29, 0.717) is 0 Å². The lowest BCUT2D eigenvalue weighted by Crippen LogP contribution is -2.16. The Morgan fingerprint density at radius 3 is 2.46 bits per heavy atom. The van der Waals surface area contributed by atoms with Gasteiger partial charge in [0.1, 0.15) is 11.6 Å². The maximum absolute atomic E-state index is 13.1. The van der Waals surface area contributed by atoms with Gasteiger partial charge in [0.05, 0.1) is 17.6 Å². The number of nitrogens with two attached hydrogens (primary N) is 1. The van der Waals surface area contributed by atoms with Gasteiger partial charge in [-0.15, -0.1) is 0 Å². The Bertz CT molecular complexity index is 868. The molecule has 0 aliphatic heterocycles. The van der Waals surface area contributed by atoms with Gasteiger partial charge in [-0.05, 0) is 61.0 Å². The Morgan fingerprint density at radius 1 is 1.14 bits per heavy atom. The molecule has 0 bridgehead atoms. The van der Waals surface area contributed by atoms with Crippen LogP contribution >= 0.6 is 0 Å². The van der Waals surface area contributed by atoms with Crippen molar-refractivity contribution in [2.75, 3.05) is 6.54 Å². The first-order chi connectivity index (χ1) is 13.6. The van der Waals surface area contributed by atoms with Crippen molar-refractivity contribution >= 4 is 11.0 Å². The second-order valence-corrected chi connectivity index (χ2v) is 6.68. The highest BCUT2D eigenvalue weighted by molar-refractivity contribution is 5.77. The molecule has 0 fully saturated rings. The number of hydrogen-bond donors (Lipinski definition) is 2. The summed E-state index contributed by atoms with van der Waals surface area (Å²) in [7, 11) is 0. The zero-order valence-electron chi connectivity index (χ0n) is 16.9. The molecule has 0 aliphatic rings. The summed E-state index contributed by atoms with van der Waals surface area (Å²) in [6.45, 7) is 10.2. The van der Waals surface area contributed by atoms with E-state index in [1.54, 1.807) is 0 Å². The van der Waals surface area contributed by atoms with Gasteiger partial charge in [0.15, 0.2) is 0 Å². The standard InChI is InChI=1S/C21H26FN3.C2H5N/c1-3-5-12-25-20-14-17(13-16-6-9-18(22)10-7-16)8-11-19(20)24-21(25)15-23-4-2;1-2-3/h6-11,14,23H,3-5,12-13,15H2,1-2H3;2H,1,3H2. The van der Waals surface area contributed by atoms with Gasteiger partial charge in [-0.2, -0.15) is 0 Å². The zero-order chi connectivity index (χ0) is 20.4. The summed E-state index contributed by atoms with van der Waals surface area (Å²) in [5, 5.41) is 3.38. The first-order valence-corrected chi connectivity index (χ1v) is 9.88. The molecule has 3 N–H and O–H groups in total. The molecule has 1 aromatic heterocycles. The van der Waals surface area contributed by atoms with E-state index >= 15 is 0 Å². The molecular weight excluding hydrogens is 351 g/mol. The molecule has 0 amide bonds. The zero-order valence-corrected chi connectivity index (χ0v) is 16.9. The molecule has 150 valence electrons. The number of nitrogens with zero attached hydrogens (tertiary/aromatic N) is 2. The number of nitrogens with one attached hydrogen (secondary N) is 1. The van der Waals surface area contributed by atoms with Crippen molar-refractivity contribution < 1.29 is 4.39 Å². The first-order valence-electron chi connectivity index (χ1n) is 9.88. The monoisotopic (exact) mass is 382 g/mol. The summed E-state index contributed by atoms with van der Waals surface area (Å²) in [6.07, 6.45) is 4.36. The van der Waals surface area contributed by atoms with Crippen LogP contribution < -0.4 is 11.1 Å². The molecule has 0 saturated carbocycles. The van der Waals surface area contributed by atoms with Crippen molar-refractivity contribution in [2.24, 2.45) is 5.73 Å². The summed E-state index contributed by atoms with van der Waals surface area (Å²) < 4.78 is 15.4. The van der Waals surface area contributed by atoms with E-state index in [-0.39, 0.29) is 5.82 Å². The van der Waals surface area contributed by atoms with Crippen LogP contribution in [0.15, 0.2) is 55.2 Å². The summed E-state index contributed by atoms with van der Waals surface area (Å²) >= 11 is 0. The van der Waals surface area contributed by atoms with Gasteiger partial charge in [-0.3, -0.25) is 0 Å². The Morgan fingerprint density at radius 2 is 1.82 bits per heavy atom. The van der Waals surface area contributed by atoms with Crippen molar-refractivity contribution in [3.05, 3.63) is 78.0 Å². The van der Waals surface area contributed by atoms with Crippen LogP contribution in [-0.4, -0.2) is 16.1 Å². The van der Waals surface area contributed by atoms with E-state index in [4.69, 9.17) is 4.98 Å². The lowest BCUT2D eigenvalue weighted by molar-refractivity contribution is 0.588. The third kappa shape index (κ3) is 5.92. The number of unbranched alkanes of at least 4 members (excludes halogenated alkanes) is 1. The van der Waals surface area contributed by atoms with Crippen molar-refractivity contribution in [3.8, 4) is 0 Å². The first kappa shape index (κ1) is 21.6. The maximum Gasteiger partial charge on any atom is 0.123 e. The molecule has 3 rings (SSSR count). The minimum absolute atomic E-state index is 0.190. The third-order valence-corrected chi connectivity index (χ3v) is 4.48. The van der Waals surface area contributed by atoms with Gasteiger partial charge < -0.3 is 15.6 Å². The van der Waals surface area contributed by atoms with Crippen LogP contribution in [0.2, 0.25) is 0 Å². The molecule has 0 saturated heterocycles. The molecule has 0 unspecified atom stereocenters. The van der Waals surface area contributed by atoms with Gasteiger partial charge in [-0.1, -0.05) is 45.0 Å². The number of aryl methyl sites for hydroxylation is 1. The summed E-state index contributed by atoms with van der Waals surface area (Å²) in [4.78, 5) is 4.81. The molecule has 0 radical (unpaired) electrons. The Kier molecular flexibility index (Phi) is 8.69.